The standard InChI is InChI=1S/C29H38N6O6/c1-17(29(40)41)33-27(38)25(15-19-16-32-23-8-3-2-6-21(19)23)35-28(39)24(14-18-9-11-20(36)12-10-18)34-26(37)22(31)7-4-5-13-30/h2-3,6,8-12,16-17,22,24-25,32,36H,4-5,7,13-15,30-31H2,1H3,(H,33,38)(H,34,37)(H,35,39)(H,40,41). The van der Waals surface area contributed by atoms with E-state index in [1.165, 1.54) is 19.1 Å². The molecular formula is C29H38N6O6. The fourth-order valence-corrected chi connectivity index (χ4v) is 4.37. The highest BCUT2D eigenvalue weighted by atomic mass is 16.4. The minimum atomic E-state index is -1.23. The molecule has 10 N–H and O–H groups in total. The Morgan fingerprint density at radius 3 is 2.20 bits per heavy atom. The van der Waals surface area contributed by atoms with Gasteiger partial charge < -0.3 is 42.6 Å². The number of hydrogen-bond acceptors (Lipinski definition) is 7. The predicted octanol–water partition coefficient (Wildman–Crippen LogP) is 0.674. The molecule has 12 heteroatoms. The smallest absolute Gasteiger partial charge is 0.325 e. The maximum atomic E-state index is 13.6. The summed E-state index contributed by atoms with van der Waals surface area (Å²) < 4.78 is 0. The van der Waals surface area contributed by atoms with Crippen molar-refractivity contribution in [2.75, 3.05) is 6.54 Å². The average molecular weight is 567 g/mol. The van der Waals surface area contributed by atoms with Gasteiger partial charge in [0, 0.05) is 29.9 Å². The zero-order chi connectivity index (χ0) is 29.9. The van der Waals surface area contributed by atoms with Crippen molar-refractivity contribution < 1.29 is 29.4 Å². The first-order valence-electron chi connectivity index (χ1n) is 13.5. The van der Waals surface area contributed by atoms with Crippen molar-refractivity contribution in [3.05, 3.63) is 65.9 Å². The second kappa shape index (κ2) is 14.8. The molecule has 4 unspecified atom stereocenters. The molecule has 1 aromatic heterocycles. The largest absolute Gasteiger partial charge is 0.508 e. The van der Waals surface area contributed by atoms with E-state index in [0.29, 0.717) is 31.4 Å². The zero-order valence-electron chi connectivity index (χ0n) is 22.9. The zero-order valence-corrected chi connectivity index (χ0v) is 22.9. The number of carbonyl (C=O) groups excluding carboxylic acids is 3. The third-order valence-corrected chi connectivity index (χ3v) is 6.78. The number of rotatable bonds is 15. The second-order valence-corrected chi connectivity index (χ2v) is 10.0. The molecule has 0 aliphatic heterocycles. The van der Waals surface area contributed by atoms with Crippen LogP contribution in [0.4, 0.5) is 0 Å². The number of H-pyrrole nitrogens is 1. The van der Waals surface area contributed by atoms with Crippen LogP contribution in [0.1, 0.15) is 37.3 Å². The van der Waals surface area contributed by atoms with Gasteiger partial charge in [0.1, 0.15) is 23.9 Å². The number of aromatic hydroxyl groups is 1. The van der Waals surface area contributed by atoms with Gasteiger partial charge in [-0.2, -0.15) is 0 Å². The summed E-state index contributed by atoms with van der Waals surface area (Å²) in [6.07, 6.45) is 3.59. The molecule has 12 nitrogen and oxygen atoms in total. The summed E-state index contributed by atoms with van der Waals surface area (Å²) in [4.78, 5) is 54.3. The molecule has 3 rings (SSSR count). The fourth-order valence-electron chi connectivity index (χ4n) is 4.37. The minimum absolute atomic E-state index is 0.0451. The number of unbranched alkanes of at least 4 members (excludes halogenated alkanes) is 1. The number of nitrogens with one attached hydrogen (secondary N) is 4. The molecule has 0 fully saturated rings. The SMILES string of the molecule is CC(NC(=O)C(Cc1c[nH]c2ccccc12)NC(=O)C(Cc1ccc(O)cc1)NC(=O)C(N)CCCCN)C(=O)O. The lowest BCUT2D eigenvalue weighted by atomic mass is 10.0. The van der Waals surface area contributed by atoms with Crippen molar-refractivity contribution >= 4 is 34.6 Å². The molecule has 0 aliphatic rings. The van der Waals surface area contributed by atoms with Gasteiger partial charge in [-0.25, -0.2) is 0 Å². The third kappa shape index (κ3) is 9.05. The number of amides is 3. The molecule has 3 amide bonds. The van der Waals surface area contributed by atoms with Crippen LogP contribution >= 0.6 is 0 Å². The van der Waals surface area contributed by atoms with E-state index in [1.807, 2.05) is 24.3 Å². The number of benzene rings is 2. The van der Waals surface area contributed by atoms with E-state index in [0.717, 1.165) is 16.5 Å². The van der Waals surface area contributed by atoms with Crippen molar-refractivity contribution in [2.45, 2.75) is 63.2 Å². The third-order valence-electron chi connectivity index (χ3n) is 6.78. The molecule has 0 saturated carbocycles. The topological polar surface area (TPSA) is 213 Å². The van der Waals surface area contributed by atoms with Crippen LogP contribution in [0.2, 0.25) is 0 Å². The lowest BCUT2D eigenvalue weighted by Crippen LogP contribution is -2.57. The van der Waals surface area contributed by atoms with E-state index in [1.54, 1.807) is 18.3 Å². The maximum absolute atomic E-state index is 13.6. The molecule has 1 heterocycles. The van der Waals surface area contributed by atoms with Gasteiger partial charge in [-0.05, 0) is 55.6 Å². The summed E-state index contributed by atoms with van der Waals surface area (Å²) in [6, 6.07) is 9.31. The van der Waals surface area contributed by atoms with Crippen LogP contribution in [-0.2, 0) is 32.0 Å². The Kier molecular flexibility index (Phi) is 11.2. The molecule has 220 valence electrons. The molecule has 0 aliphatic carbocycles. The normalized spacial score (nSPS) is 14.0. The molecular weight excluding hydrogens is 528 g/mol. The van der Waals surface area contributed by atoms with Crippen molar-refractivity contribution in [3.63, 3.8) is 0 Å². The van der Waals surface area contributed by atoms with Crippen LogP contribution < -0.4 is 27.4 Å². The van der Waals surface area contributed by atoms with E-state index < -0.39 is 47.9 Å². The Balaban J connectivity index is 1.85. The lowest BCUT2D eigenvalue weighted by molar-refractivity contribution is -0.141. The monoisotopic (exact) mass is 566 g/mol. The number of carbonyl (C=O) groups is 4. The molecule has 4 atom stereocenters. The maximum Gasteiger partial charge on any atom is 0.325 e. The van der Waals surface area contributed by atoms with Gasteiger partial charge in [-0.1, -0.05) is 36.8 Å². The van der Waals surface area contributed by atoms with Crippen LogP contribution in [0.3, 0.4) is 0 Å². The number of aliphatic carboxylic acids is 1. The van der Waals surface area contributed by atoms with Crippen LogP contribution in [0, 0.1) is 0 Å². The number of aromatic amines is 1. The van der Waals surface area contributed by atoms with Gasteiger partial charge in [-0.15, -0.1) is 0 Å². The van der Waals surface area contributed by atoms with Crippen LogP contribution in [0.15, 0.2) is 54.7 Å². The number of fused-ring (bicyclic) bond motifs is 1. The number of carboxylic acids is 1. The highest BCUT2D eigenvalue weighted by Crippen LogP contribution is 2.19. The number of phenolic OH excluding ortho intramolecular Hbond substituents is 1. The first kappa shape index (κ1) is 31.1. The first-order chi connectivity index (χ1) is 19.6. The Morgan fingerprint density at radius 2 is 1.51 bits per heavy atom. The Morgan fingerprint density at radius 1 is 0.878 bits per heavy atom. The second-order valence-electron chi connectivity index (χ2n) is 10.0. The van der Waals surface area contributed by atoms with Gasteiger partial charge >= 0.3 is 5.97 Å². The van der Waals surface area contributed by atoms with Crippen LogP contribution in [-0.4, -0.2) is 69.6 Å². The molecule has 2 aromatic carbocycles. The Labute approximate surface area is 237 Å². The summed E-state index contributed by atoms with van der Waals surface area (Å²) in [5, 5.41) is 27.6. The summed E-state index contributed by atoms with van der Waals surface area (Å²) in [6.45, 7) is 1.80. The van der Waals surface area contributed by atoms with Crippen LogP contribution in [0.25, 0.3) is 10.9 Å². The van der Waals surface area contributed by atoms with E-state index in [9.17, 15) is 29.4 Å². The van der Waals surface area contributed by atoms with Crippen molar-refractivity contribution in [2.24, 2.45) is 11.5 Å². The van der Waals surface area contributed by atoms with Gasteiger partial charge in [0.05, 0.1) is 6.04 Å². The van der Waals surface area contributed by atoms with Gasteiger partial charge in [-0.3, -0.25) is 19.2 Å². The van der Waals surface area contributed by atoms with E-state index in [2.05, 4.69) is 20.9 Å². The summed E-state index contributed by atoms with van der Waals surface area (Å²) >= 11 is 0. The van der Waals surface area contributed by atoms with Crippen LogP contribution in [0.5, 0.6) is 5.75 Å². The number of aromatic nitrogens is 1. The van der Waals surface area contributed by atoms with E-state index >= 15 is 0 Å². The first-order valence-corrected chi connectivity index (χ1v) is 13.5. The van der Waals surface area contributed by atoms with E-state index in [-0.39, 0.29) is 18.6 Å². The highest BCUT2D eigenvalue weighted by Gasteiger charge is 2.30. The number of carboxylic acid groups (broad SMARTS) is 1. The van der Waals surface area contributed by atoms with Crippen molar-refractivity contribution in [1.82, 2.24) is 20.9 Å². The number of para-hydroxylation sites is 1. The molecule has 0 saturated heterocycles. The van der Waals surface area contributed by atoms with Gasteiger partial charge in [0.25, 0.3) is 0 Å². The predicted molar refractivity (Wildman–Crippen MR) is 154 cm³/mol. The van der Waals surface area contributed by atoms with Crippen molar-refractivity contribution in [3.8, 4) is 5.75 Å². The lowest BCUT2D eigenvalue weighted by Gasteiger charge is -2.25. The Bertz CT molecular complexity index is 1340. The van der Waals surface area contributed by atoms with E-state index in [4.69, 9.17) is 11.5 Å². The number of nitrogens with two attached hydrogens (primary N) is 2. The molecule has 3 aromatic rings. The Hall–Kier alpha value is -4.42. The average Bonchev–Trinajstić information content (AvgIpc) is 3.36. The summed E-state index contributed by atoms with van der Waals surface area (Å²) in [7, 11) is 0. The summed E-state index contributed by atoms with van der Waals surface area (Å²) in [5.41, 5.74) is 13.8. The minimum Gasteiger partial charge on any atom is -0.508 e. The number of hydrogen-bond donors (Lipinski definition) is 8. The van der Waals surface area contributed by atoms with Gasteiger partial charge in [0.2, 0.25) is 17.7 Å². The summed E-state index contributed by atoms with van der Waals surface area (Å²) in [5.74, 6) is -3.05. The quantitative estimate of drug-likeness (QED) is 0.122. The molecule has 0 radical (unpaired) electrons. The highest BCUT2D eigenvalue weighted by molar-refractivity contribution is 5.95. The van der Waals surface area contributed by atoms with Crippen molar-refractivity contribution in [1.29, 1.82) is 0 Å². The van der Waals surface area contributed by atoms with Gasteiger partial charge in [0.15, 0.2) is 0 Å². The molecule has 0 spiro atoms. The number of phenols is 1. The molecule has 0 bridgehead atoms. The fraction of sp³-hybridized carbons (Fsp3) is 0.379. The molecule has 41 heavy (non-hydrogen) atoms.